The van der Waals surface area contributed by atoms with Crippen LogP contribution in [0.4, 0.5) is 0 Å². The number of H-pyrrole nitrogens is 2. The molecule has 4 nitrogen and oxygen atoms in total. The van der Waals surface area contributed by atoms with Gasteiger partial charge in [0.05, 0.1) is 23.8 Å². The molecule has 124 valence electrons. The van der Waals surface area contributed by atoms with Crippen LogP contribution in [0.2, 0.25) is 0 Å². The zero-order valence-corrected chi connectivity index (χ0v) is 14.2. The molecule has 5 aromatic rings. The summed E-state index contributed by atoms with van der Waals surface area (Å²) in [5.41, 5.74) is 4.42. The molecule has 0 atom stereocenters. The van der Waals surface area contributed by atoms with E-state index in [4.69, 9.17) is 4.74 Å². The van der Waals surface area contributed by atoms with Crippen molar-refractivity contribution in [3.05, 3.63) is 72.7 Å². The Labute approximate surface area is 145 Å². The topological polar surface area (TPSA) is 53.7 Å². The van der Waals surface area contributed by atoms with Crippen LogP contribution in [0, 0.1) is 6.92 Å². The summed E-state index contributed by atoms with van der Waals surface area (Å²) in [6.07, 6.45) is 3.79. The highest BCUT2D eigenvalue weighted by Gasteiger charge is 2.06. The molecule has 3 aromatic heterocycles. The van der Waals surface area contributed by atoms with Gasteiger partial charge in [0.1, 0.15) is 5.75 Å². The number of para-hydroxylation sites is 1. The lowest BCUT2D eigenvalue weighted by Gasteiger charge is -1.98. The average molecular weight is 329 g/mol. The van der Waals surface area contributed by atoms with Crippen LogP contribution in [0.25, 0.3) is 32.7 Å². The smallest absolute Gasteiger partial charge is 0.120 e. The molecule has 0 aliphatic heterocycles. The van der Waals surface area contributed by atoms with Gasteiger partial charge in [-0.3, -0.25) is 4.98 Å². The molecule has 2 aromatic carbocycles. The van der Waals surface area contributed by atoms with Gasteiger partial charge in [-0.25, -0.2) is 0 Å². The van der Waals surface area contributed by atoms with E-state index in [1.807, 2.05) is 49.6 Å². The van der Waals surface area contributed by atoms with E-state index >= 15 is 0 Å². The highest BCUT2D eigenvalue weighted by molar-refractivity contribution is 6.08. The maximum Gasteiger partial charge on any atom is 0.120 e. The van der Waals surface area contributed by atoms with Crippen LogP contribution in [0.1, 0.15) is 5.69 Å². The van der Waals surface area contributed by atoms with Gasteiger partial charge in [-0.05, 0) is 42.6 Å². The minimum absolute atomic E-state index is 0.865. The zero-order chi connectivity index (χ0) is 17.2. The SMILES string of the molecule is COc1ccc2c(c1)[nH]c1c(C)nccc12.c1ccc2[nH]ccc2c1. The fraction of sp³-hybridized carbons (Fsp3) is 0.0952. The Bertz CT molecular complexity index is 1120. The standard InChI is InChI=1S/C13H12N2O.C8H7N/c1-8-13-11(5-6-14-8)10-4-3-9(16-2)7-12(10)15-13;1-2-4-8-7(3-1)5-6-9-8/h3-7,15H,1-2H3;1-6,9H. The minimum atomic E-state index is 0.865. The number of fused-ring (bicyclic) bond motifs is 4. The van der Waals surface area contributed by atoms with Crippen molar-refractivity contribution in [3.8, 4) is 5.75 Å². The molecular formula is C21H19N3O. The molecular weight excluding hydrogens is 310 g/mol. The number of ether oxygens (including phenoxy) is 1. The zero-order valence-electron chi connectivity index (χ0n) is 14.2. The number of nitrogens with one attached hydrogen (secondary N) is 2. The maximum absolute atomic E-state index is 5.21. The van der Waals surface area contributed by atoms with Crippen molar-refractivity contribution >= 4 is 32.7 Å². The molecule has 0 saturated carbocycles. The summed E-state index contributed by atoms with van der Waals surface area (Å²) >= 11 is 0. The minimum Gasteiger partial charge on any atom is -0.497 e. The summed E-state index contributed by atoms with van der Waals surface area (Å²) in [6.45, 7) is 2.01. The lowest BCUT2D eigenvalue weighted by molar-refractivity contribution is 0.415. The van der Waals surface area contributed by atoms with Crippen LogP contribution < -0.4 is 4.74 Å². The molecule has 0 bridgehead atoms. The third-order valence-corrected chi connectivity index (χ3v) is 4.38. The molecule has 4 heteroatoms. The van der Waals surface area contributed by atoms with Gasteiger partial charge in [-0.15, -0.1) is 0 Å². The predicted octanol–water partition coefficient (Wildman–Crippen LogP) is 5.20. The number of aromatic amines is 2. The number of rotatable bonds is 1. The molecule has 0 fully saturated rings. The van der Waals surface area contributed by atoms with Crippen molar-refractivity contribution in [1.29, 1.82) is 0 Å². The van der Waals surface area contributed by atoms with Crippen molar-refractivity contribution in [2.75, 3.05) is 7.11 Å². The van der Waals surface area contributed by atoms with E-state index in [0.717, 1.165) is 22.5 Å². The van der Waals surface area contributed by atoms with Gasteiger partial charge in [0, 0.05) is 34.7 Å². The predicted molar refractivity (Wildman–Crippen MR) is 103 cm³/mol. The lowest BCUT2D eigenvalue weighted by atomic mass is 10.1. The largest absolute Gasteiger partial charge is 0.497 e. The molecule has 0 spiro atoms. The summed E-state index contributed by atoms with van der Waals surface area (Å²) < 4.78 is 5.21. The second-order valence-electron chi connectivity index (χ2n) is 5.92. The molecule has 2 N–H and O–H groups in total. The van der Waals surface area contributed by atoms with Gasteiger partial charge in [-0.2, -0.15) is 0 Å². The van der Waals surface area contributed by atoms with Crippen molar-refractivity contribution in [1.82, 2.24) is 15.0 Å². The summed E-state index contributed by atoms with van der Waals surface area (Å²) in [4.78, 5) is 10.8. The molecule has 0 saturated heterocycles. The number of hydrogen-bond acceptors (Lipinski definition) is 2. The first-order valence-corrected chi connectivity index (χ1v) is 8.19. The molecule has 5 rings (SSSR count). The first kappa shape index (κ1) is 15.3. The Morgan fingerprint density at radius 2 is 1.80 bits per heavy atom. The Morgan fingerprint density at radius 1 is 0.920 bits per heavy atom. The van der Waals surface area contributed by atoms with Gasteiger partial charge in [0.15, 0.2) is 0 Å². The van der Waals surface area contributed by atoms with Gasteiger partial charge in [0.2, 0.25) is 0 Å². The van der Waals surface area contributed by atoms with Gasteiger partial charge in [-0.1, -0.05) is 18.2 Å². The maximum atomic E-state index is 5.21. The third-order valence-electron chi connectivity index (χ3n) is 4.38. The molecule has 3 heterocycles. The van der Waals surface area contributed by atoms with Crippen molar-refractivity contribution < 1.29 is 4.74 Å². The van der Waals surface area contributed by atoms with E-state index in [9.17, 15) is 0 Å². The van der Waals surface area contributed by atoms with Crippen LogP contribution >= 0.6 is 0 Å². The normalized spacial score (nSPS) is 10.8. The summed E-state index contributed by atoms with van der Waals surface area (Å²) in [7, 11) is 1.68. The molecule has 25 heavy (non-hydrogen) atoms. The second-order valence-corrected chi connectivity index (χ2v) is 5.92. The monoisotopic (exact) mass is 329 g/mol. The lowest BCUT2D eigenvalue weighted by Crippen LogP contribution is -1.80. The van der Waals surface area contributed by atoms with Gasteiger partial charge in [0.25, 0.3) is 0 Å². The van der Waals surface area contributed by atoms with Crippen LogP contribution in [0.15, 0.2) is 67.0 Å². The van der Waals surface area contributed by atoms with Gasteiger partial charge < -0.3 is 14.7 Å². The first-order valence-electron chi connectivity index (χ1n) is 8.19. The van der Waals surface area contributed by atoms with Crippen LogP contribution in [-0.4, -0.2) is 22.1 Å². The molecule has 0 unspecified atom stereocenters. The molecule has 0 radical (unpaired) electrons. The van der Waals surface area contributed by atoms with Crippen LogP contribution in [-0.2, 0) is 0 Å². The first-order chi connectivity index (χ1) is 12.3. The number of benzene rings is 2. The molecule has 0 aliphatic rings. The average Bonchev–Trinajstić information content (AvgIpc) is 3.26. The number of methoxy groups -OCH3 is 1. The molecule has 0 amide bonds. The summed E-state index contributed by atoms with van der Waals surface area (Å²) in [5.74, 6) is 0.865. The fourth-order valence-corrected chi connectivity index (χ4v) is 3.07. The van der Waals surface area contributed by atoms with Crippen LogP contribution in [0.5, 0.6) is 5.75 Å². The van der Waals surface area contributed by atoms with Crippen molar-refractivity contribution in [3.63, 3.8) is 0 Å². The van der Waals surface area contributed by atoms with Crippen molar-refractivity contribution in [2.45, 2.75) is 6.92 Å². The van der Waals surface area contributed by atoms with E-state index < -0.39 is 0 Å². The van der Waals surface area contributed by atoms with Crippen LogP contribution in [0.3, 0.4) is 0 Å². The third kappa shape index (κ3) is 2.83. The summed E-state index contributed by atoms with van der Waals surface area (Å²) in [6, 6.07) is 18.4. The van der Waals surface area contributed by atoms with E-state index in [1.165, 1.54) is 21.7 Å². The highest BCUT2D eigenvalue weighted by Crippen LogP contribution is 2.28. The number of nitrogens with zero attached hydrogens (tertiary/aromatic N) is 1. The Hall–Kier alpha value is -3.27. The summed E-state index contributed by atoms with van der Waals surface area (Å²) in [5, 5.41) is 3.70. The highest BCUT2D eigenvalue weighted by atomic mass is 16.5. The number of aromatic nitrogens is 3. The quantitative estimate of drug-likeness (QED) is 0.444. The molecule has 0 aliphatic carbocycles. The fourth-order valence-electron chi connectivity index (χ4n) is 3.07. The Balaban J connectivity index is 0.000000147. The number of pyridine rings is 1. The van der Waals surface area contributed by atoms with E-state index in [2.05, 4.69) is 39.2 Å². The number of aryl methyl sites for hydroxylation is 1. The Kier molecular flexibility index (Phi) is 3.86. The van der Waals surface area contributed by atoms with E-state index in [-0.39, 0.29) is 0 Å². The Morgan fingerprint density at radius 3 is 2.64 bits per heavy atom. The van der Waals surface area contributed by atoms with Crippen molar-refractivity contribution in [2.24, 2.45) is 0 Å². The van der Waals surface area contributed by atoms with E-state index in [1.54, 1.807) is 7.11 Å². The van der Waals surface area contributed by atoms with E-state index in [0.29, 0.717) is 0 Å². The second kappa shape index (κ2) is 6.32. The number of hydrogen-bond donors (Lipinski definition) is 2. The van der Waals surface area contributed by atoms with Gasteiger partial charge >= 0.3 is 0 Å².